The Kier molecular flexibility index (Phi) is 5.28. The van der Waals surface area contributed by atoms with E-state index in [-0.39, 0.29) is 17.0 Å². The number of hydrogen-bond donors (Lipinski definition) is 1. The van der Waals surface area contributed by atoms with Crippen molar-refractivity contribution in [3.05, 3.63) is 40.7 Å². The van der Waals surface area contributed by atoms with Crippen molar-refractivity contribution in [2.75, 3.05) is 6.61 Å². The van der Waals surface area contributed by atoms with Crippen LogP contribution >= 0.6 is 0 Å². The predicted molar refractivity (Wildman–Crippen MR) is 87.5 cm³/mol. The summed E-state index contributed by atoms with van der Waals surface area (Å²) in [4.78, 5) is 0. The highest BCUT2D eigenvalue weighted by Crippen LogP contribution is 2.40. The molecule has 0 heterocycles. The molecule has 122 valence electrons. The Hall–Kier alpha value is -1.35. The second-order valence-corrected chi connectivity index (χ2v) is 6.90. The molecule has 0 aliphatic heterocycles. The number of ether oxygens (including phenoxy) is 1. The topological polar surface area (TPSA) is 29.5 Å². The number of benzene rings is 1. The smallest absolute Gasteiger partial charge is 0.165 e. The molecule has 1 N–H and O–H groups in total. The zero-order valence-corrected chi connectivity index (χ0v) is 14.1. The maximum absolute atomic E-state index is 14.0. The molecule has 1 aliphatic rings. The van der Waals surface area contributed by atoms with Crippen LogP contribution in [0, 0.1) is 11.2 Å². The summed E-state index contributed by atoms with van der Waals surface area (Å²) in [5.41, 5.74) is 3.45. The second kappa shape index (κ2) is 6.82. The Labute approximate surface area is 133 Å². The summed E-state index contributed by atoms with van der Waals surface area (Å²) >= 11 is 0. The quantitative estimate of drug-likeness (QED) is 0.760. The van der Waals surface area contributed by atoms with Crippen molar-refractivity contribution < 1.29 is 14.2 Å². The molecule has 1 aromatic rings. The summed E-state index contributed by atoms with van der Waals surface area (Å²) in [6.45, 7) is 8.91. The zero-order valence-electron chi connectivity index (χ0n) is 14.1. The molecule has 22 heavy (non-hydrogen) atoms. The Morgan fingerprint density at radius 1 is 1.36 bits per heavy atom. The van der Waals surface area contributed by atoms with E-state index < -0.39 is 6.10 Å². The Morgan fingerprint density at radius 3 is 2.73 bits per heavy atom. The first-order chi connectivity index (χ1) is 10.3. The van der Waals surface area contributed by atoms with Gasteiger partial charge in [-0.25, -0.2) is 4.39 Å². The molecular formula is C19H27FO2. The largest absolute Gasteiger partial charge is 0.486 e. The molecular weight excluding hydrogens is 279 g/mol. The van der Waals surface area contributed by atoms with E-state index in [1.165, 1.54) is 23.6 Å². The van der Waals surface area contributed by atoms with Gasteiger partial charge in [0.25, 0.3) is 0 Å². The molecule has 0 aromatic heterocycles. The molecule has 1 aliphatic carbocycles. The third kappa shape index (κ3) is 3.70. The lowest BCUT2D eigenvalue weighted by Crippen LogP contribution is -2.24. The predicted octanol–water partition coefficient (Wildman–Crippen LogP) is 5.17. The second-order valence-electron chi connectivity index (χ2n) is 6.90. The first-order valence-corrected chi connectivity index (χ1v) is 8.14. The molecule has 1 unspecified atom stereocenters. The van der Waals surface area contributed by atoms with Crippen LogP contribution in [0.3, 0.4) is 0 Å². The van der Waals surface area contributed by atoms with Gasteiger partial charge in [-0.1, -0.05) is 32.4 Å². The van der Waals surface area contributed by atoms with Gasteiger partial charge in [0.05, 0.1) is 6.10 Å². The van der Waals surface area contributed by atoms with Crippen molar-refractivity contribution in [3.8, 4) is 5.75 Å². The van der Waals surface area contributed by atoms with Crippen molar-refractivity contribution in [1.82, 2.24) is 0 Å². The number of halogens is 1. The summed E-state index contributed by atoms with van der Waals surface area (Å²) in [6, 6.07) is 4.61. The first kappa shape index (κ1) is 17.0. The molecule has 1 atom stereocenters. The Morgan fingerprint density at radius 2 is 2.09 bits per heavy atom. The minimum absolute atomic E-state index is 0.110. The molecule has 1 aromatic carbocycles. The number of aliphatic hydroxyl groups is 1. The molecule has 0 saturated heterocycles. The van der Waals surface area contributed by atoms with Gasteiger partial charge < -0.3 is 9.84 Å². The average molecular weight is 306 g/mol. The van der Waals surface area contributed by atoms with Crippen LogP contribution in [0.1, 0.15) is 65.0 Å². The van der Waals surface area contributed by atoms with E-state index >= 15 is 0 Å². The fourth-order valence-corrected chi connectivity index (χ4v) is 3.22. The summed E-state index contributed by atoms with van der Waals surface area (Å²) in [6.07, 6.45) is 3.46. The van der Waals surface area contributed by atoms with E-state index in [4.69, 9.17) is 4.74 Å². The van der Waals surface area contributed by atoms with Crippen LogP contribution in [0.2, 0.25) is 0 Å². The molecule has 0 spiro atoms. The van der Waals surface area contributed by atoms with Crippen molar-refractivity contribution >= 4 is 0 Å². The molecule has 3 heteroatoms. The number of hydrogen-bond acceptors (Lipinski definition) is 2. The molecule has 0 fully saturated rings. The van der Waals surface area contributed by atoms with Gasteiger partial charge >= 0.3 is 0 Å². The molecule has 0 amide bonds. The van der Waals surface area contributed by atoms with Crippen LogP contribution in [0.25, 0.3) is 0 Å². The van der Waals surface area contributed by atoms with Crippen LogP contribution in [0.5, 0.6) is 5.75 Å². The van der Waals surface area contributed by atoms with Crippen molar-refractivity contribution in [1.29, 1.82) is 0 Å². The van der Waals surface area contributed by atoms with Gasteiger partial charge in [0, 0.05) is 0 Å². The Bertz CT molecular complexity index is 561. The van der Waals surface area contributed by atoms with Crippen LogP contribution in [-0.2, 0) is 0 Å². The lowest BCUT2D eigenvalue weighted by molar-refractivity contribution is 0.173. The van der Waals surface area contributed by atoms with Gasteiger partial charge in [0.1, 0.15) is 6.61 Å². The fourth-order valence-electron chi connectivity index (χ4n) is 3.22. The van der Waals surface area contributed by atoms with E-state index in [2.05, 4.69) is 20.8 Å². The molecule has 0 radical (unpaired) electrons. The lowest BCUT2D eigenvalue weighted by atomic mass is 9.73. The monoisotopic (exact) mass is 306 g/mol. The van der Waals surface area contributed by atoms with Crippen molar-refractivity contribution in [2.45, 2.75) is 59.5 Å². The number of aliphatic hydroxyl groups excluding tert-OH is 1. The average Bonchev–Trinajstić information content (AvgIpc) is 2.47. The third-order valence-electron chi connectivity index (χ3n) is 4.78. The Balaban J connectivity index is 2.17. The minimum atomic E-state index is -0.574. The minimum Gasteiger partial charge on any atom is -0.486 e. The molecule has 2 nitrogen and oxygen atoms in total. The maximum Gasteiger partial charge on any atom is 0.165 e. The van der Waals surface area contributed by atoms with Gasteiger partial charge in [0.15, 0.2) is 11.6 Å². The van der Waals surface area contributed by atoms with E-state index in [0.29, 0.717) is 18.6 Å². The van der Waals surface area contributed by atoms with Gasteiger partial charge in [-0.05, 0) is 61.3 Å². The van der Waals surface area contributed by atoms with Crippen LogP contribution in [0.15, 0.2) is 29.3 Å². The van der Waals surface area contributed by atoms with E-state index in [0.717, 1.165) is 12.8 Å². The van der Waals surface area contributed by atoms with Gasteiger partial charge in [0.2, 0.25) is 0 Å². The normalized spacial score (nSPS) is 19.2. The van der Waals surface area contributed by atoms with Gasteiger partial charge in [-0.2, -0.15) is 0 Å². The van der Waals surface area contributed by atoms with E-state index in [9.17, 15) is 9.50 Å². The molecule has 0 saturated carbocycles. The maximum atomic E-state index is 14.0. The van der Waals surface area contributed by atoms with Crippen molar-refractivity contribution in [3.63, 3.8) is 0 Å². The van der Waals surface area contributed by atoms with E-state index in [1.807, 2.05) is 6.92 Å². The van der Waals surface area contributed by atoms with Crippen LogP contribution in [-0.4, -0.2) is 11.7 Å². The highest BCUT2D eigenvalue weighted by molar-refractivity contribution is 5.33. The summed E-state index contributed by atoms with van der Waals surface area (Å²) < 4.78 is 19.7. The SMILES string of the molecule is CCC(O)c1ccc(F)c(OCC2=C(C)CCCC2(C)C)c1. The van der Waals surface area contributed by atoms with Crippen molar-refractivity contribution in [2.24, 2.45) is 5.41 Å². The zero-order chi connectivity index (χ0) is 16.3. The molecule has 2 rings (SSSR count). The summed E-state index contributed by atoms with van der Waals surface area (Å²) in [5, 5.41) is 9.90. The van der Waals surface area contributed by atoms with E-state index in [1.54, 1.807) is 12.1 Å². The molecule has 0 bridgehead atoms. The first-order valence-electron chi connectivity index (χ1n) is 8.14. The highest BCUT2D eigenvalue weighted by atomic mass is 19.1. The third-order valence-corrected chi connectivity index (χ3v) is 4.78. The summed E-state index contributed by atoms with van der Waals surface area (Å²) in [7, 11) is 0. The lowest BCUT2D eigenvalue weighted by Gasteiger charge is -2.34. The standard InChI is InChI=1S/C19H27FO2/c1-5-17(21)14-8-9-16(20)18(11-14)22-12-15-13(2)7-6-10-19(15,3)4/h8-9,11,17,21H,5-7,10,12H2,1-4H3. The van der Waals surface area contributed by atoms with Gasteiger partial charge in [-0.3, -0.25) is 0 Å². The summed E-state index contributed by atoms with van der Waals surface area (Å²) in [5.74, 6) is -0.148. The number of allylic oxidation sites excluding steroid dienone is 1. The van der Waals surface area contributed by atoms with Crippen LogP contribution in [0.4, 0.5) is 4.39 Å². The fraction of sp³-hybridized carbons (Fsp3) is 0.579. The highest BCUT2D eigenvalue weighted by Gasteiger charge is 2.28. The van der Waals surface area contributed by atoms with Crippen LogP contribution < -0.4 is 4.74 Å². The van der Waals surface area contributed by atoms with Gasteiger partial charge in [-0.15, -0.1) is 0 Å². The number of rotatable bonds is 5.